The normalized spacial score (nSPS) is 11.6. The van der Waals surface area contributed by atoms with Crippen LogP contribution in [-0.2, 0) is 27.2 Å². The first kappa shape index (κ1) is 24.9. The Kier molecular flexibility index (Phi) is 8.25. The van der Waals surface area contributed by atoms with Gasteiger partial charge in [-0.25, -0.2) is 4.98 Å². The van der Waals surface area contributed by atoms with Gasteiger partial charge in [0.15, 0.2) is 0 Å². The van der Waals surface area contributed by atoms with Crippen LogP contribution in [0.15, 0.2) is 78.6 Å². The highest BCUT2D eigenvalue weighted by atomic mass is 32.1. The number of amides is 3. The lowest BCUT2D eigenvalue weighted by Gasteiger charge is -2.17. The number of aromatic nitrogens is 2. The molecule has 2 heterocycles. The number of H-pyrrole nitrogens is 1. The van der Waals surface area contributed by atoms with Gasteiger partial charge in [0.05, 0.1) is 12.9 Å². The first-order valence-corrected chi connectivity index (χ1v) is 12.4. The minimum Gasteiger partial charge on any atom is -0.368 e. The third-order valence-electron chi connectivity index (χ3n) is 5.65. The van der Waals surface area contributed by atoms with Gasteiger partial charge in [0.2, 0.25) is 17.7 Å². The number of benzene rings is 2. The summed E-state index contributed by atoms with van der Waals surface area (Å²) < 4.78 is 0. The van der Waals surface area contributed by atoms with Crippen molar-refractivity contribution in [3.05, 3.63) is 89.8 Å². The van der Waals surface area contributed by atoms with E-state index in [9.17, 15) is 14.4 Å². The topological polar surface area (TPSA) is 130 Å². The molecule has 0 saturated heterocycles. The lowest BCUT2D eigenvalue weighted by Crippen LogP contribution is -2.49. The Balaban J connectivity index is 1.33. The van der Waals surface area contributed by atoms with Crippen LogP contribution in [0.2, 0.25) is 0 Å². The Morgan fingerprint density at radius 2 is 1.78 bits per heavy atom. The van der Waals surface area contributed by atoms with E-state index < -0.39 is 17.9 Å². The molecule has 3 amide bonds. The van der Waals surface area contributed by atoms with Crippen molar-refractivity contribution < 1.29 is 14.4 Å². The second-order valence-corrected chi connectivity index (χ2v) is 9.26. The number of primary amides is 1. The van der Waals surface area contributed by atoms with E-state index in [2.05, 4.69) is 56.3 Å². The van der Waals surface area contributed by atoms with Gasteiger partial charge < -0.3 is 21.4 Å². The summed E-state index contributed by atoms with van der Waals surface area (Å²) >= 11 is 1.70. The maximum atomic E-state index is 12.6. The average Bonchev–Trinajstić information content (AvgIpc) is 3.59. The number of imidazole rings is 1. The Morgan fingerprint density at radius 3 is 2.47 bits per heavy atom. The van der Waals surface area contributed by atoms with E-state index in [0.29, 0.717) is 12.1 Å². The highest BCUT2D eigenvalue weighted by Gasteiger charge is 2.22. The maximum absolute atomic E-state index is 12.6. The van der Waals surface area contributed by atoms with Crippen molar-refractivity contribution in [3.63, 3.8) is 0 Å². The fourth-order valence-corrected chi connectivity index (χ4v) is 4.68. The van der Waals surface area contributed by atoms with E-state index in [-0.39, 0.29) is 25.3 Å². The van der Waals surface area contributed by atoms with Crippen LogP contribution in [0.3, 0.4) is 0 Å². The van der Waals surface area contributed by atoms with Crippen molar-refractivity contribution in [2.75, 3.05) is 6.54 Å². The Hall–Kier alpha value is -4.24. The molecule has 0 bridgehead atoms. The second-order valence-electron chi connectivity index (χ2n) is 8.35. The number of hydrogen-bond donors (Lipinski definition) is 4. The lowest BCUT2D eigenvalue weighted by atomic mass is 10.0. The van der Waals surface area contributed by atoms with Crippen LogP contribution in [0.25, 0.3) is 21.6 Å². The molecule has 184 valence electrons. The van der Waals surface area contributed by atoms with Gasteiger partial charge >= 0.3 is 0 Å². The highest BCUT2D eigenvalue weighted by Crippen LogP contribution is 2.32. The first-order valence-electron chi connectivity index (χ1n) is 11.5. The van der Waals surface area contributed by atoms with Gasteiger partial charge in [0, 0.05) is 29.6 Å². The molecular formula is C27H27N5O3S. The van der Waals surface area contributed by atoms with Crippen LogP contribution in [0.4, 0.5) is 0 Å². The zero-order valence-electron chi connectivity index (χ0n) is 19.6. The third kappa shape index (κ3) is 6.89. The van der Waals surface area contributed by atoms with E-state index in [0.717, 1.165) is 11.1 Å². The molecule has 4 aromatic rings. The summed E-state index contributed by atoms with van der Waals surface area (Å²) in [7, 11) is 0. The molecule has 0 aliphatic carbocycles. The monoisotopic (exact) mass is 501 g/mol. The molecule has 5 N–H and O–H groups in total. The van der Waals surface area contributed by atoms with Gasteiger partial charge in [-0.05, 0) is 40.1 Å². The number of thiophene rings is 1. The predicted molar refractivity (Wildman–Crippen MR) is 140 cm³/mol. The Morgan fingerprint density at radius 1 is 1.00 bits per heavy atom. The summed E-state index contributed by atoms with van der Waals surface area (Å²) in [5.41, 5.74) is 10.3. The molecule has 0 aliphatic rings. The van der Waals surface area contributed by atoms with Gasteiger partial charge in [-0.2, -0.15) is 0 Å². The molecule has 1 atom stereocenters. The van der Waals surface area contributed by atoms with Crippen molar-refractivity contribution in [1.29, 1.82) is 0 Å². The Labute approximate surface area is 213 Å². The fraction of sp³-hybridized carbons (Fsp3) is 0.185. The molecule has 0 spiro atoms. The number of nitrogens with two attached hydrogens (primary N) is 1. The van der Waals surface area contributed by atoms with Crippen molar-refractivity contribution in [2.45, 2.75) is 25.3 Å². The largest absolute Gasteiger partial charge is 0.368 e. The zero-order valence-corrected chi connectivity index (χ0v) is 20.4. The van der Waals surface area contributed by atoms with Crippen molar-refractivity contribution in [3.8, 4) is 21.6 Å². The highest BCUT2D eigenvalue weighted by molar-refractivity contribution is 7.14. The van der Waals surface area contributed by atoms with Crippen LogP contribution < -0.4 is 16.4 Å². The zero-order chi connectivity index (χ0) is 25.3. The van der Waals surface area contributed by atoms with Crippen molar-refractivity contribution in [2.24, 2.45) is 5.73 Å². The molecule has 1 unspecified atom stereocenters. The number of aromatic amines is 1. The molecule has 36 heavy (non-hydrogen) atoms. The molecular weight excluding hydrogens is 474 g/mol. The van der Waals surface area contributed by atoms with Crippen LogP contribution in [-0.4, -0.2) is 40.3 Å². The number of carbonyl (C=O) groups excluding carboxylic acids is 3. The van der Waals surface area contributed by atoms with Crippen LogP contribution in [0.5, 0.6) is 0 Å². The quantitative estimate of drug-likeness (QED) is 0.252. The van der Waals surface area contributed by atoms with E-state index >= 15 is 0 Å². The van der Waals surface area contributed by atoms with E-state index in [1.165, 1.54) is 22.3 Å². The predicted octanol–water partition coefficient (Wildman–Crippen LogP) is 3.07. The molecule has 9 heteroatoms. The summed E-state index contributed by atoms with van der Waals surface area (Å²) in [6, 6.07) is 19.8. The summed E-state index contributed by atoms with van der Waals surface area (Å²) in [6.45, 7) is -0.294. The van der Waals surface area contributed by atoms with Gasteiger partial charge in [0.25, 0.3) is 0 Å². The maximum Gasteiger partial charge on any atom is 0.243 e. The minimum absolute atomic E-state index is 0.219. The molecule has 2 aromatic heterocycles. The van der Waals surface area contributed by atoms with Crippen LogP contribution in [0, 0.1) is 0 Å². The molecule has 2 aromatic carbocycles. The summed E-state index contributed by atoms with van der Waals surface area (Å²) in [6.07, 6.45) is 4.05. The fourth-order valence-electron chi connectivity index (χ4n) is 3.75. The second kappa shape index (κ2) is 11.9. The molecule has 0 fully saturated rings. The van der Waals surface area contributed by atoms with E-state index in [4.69, 9.17) is 5.73 Å². The third-order valence-corrected chi connectivity index (χ3v) is 6.63. The molecule has 8 nitrogen and oxygen atoms in total. The van der Waals surface area contributed by atoms with Crippen LogP contribution >= 0.6 is 11.3 Å². The molecule has 0 saturated carbocycles. The minimum atomic E-state index is -0.850. The molecule has 0 radical (unpaired) electrons. The average molecular weight is 502 g/mol. The number of nitrogens with one attached hydrogen (secondary N) is 3. The lowest BCUT2D eigenvalue weighted by molar-refractivity contribution is -0.130. The number of rotatable bonds is 11. The number of hydrogen-bond acceptors (Lipinski definition) is 5. The summed E-state index contributed by atoms with van der Waals surface area (Å²) in [5.74, 6) is -1.40. The standard InChI is InChI=1S/C27H27N5O3S/c28-25(33)15-30-27(35)23(13-22-14-29-17-31-22)32-26(34)11-8-18-6-9-20(10-7-18)24-12-21(16-36-24)19-4-2-1-3-5-19/h1-7,9-10,12,14,16-17,23H,8,11,13,15H2,(H2,28,33)(H,29,31)(H,30,35)(H,32,34). The van der Waals surface area contributed by atoms with E-state index in [1.807, 2.05) is 30.3 Å². The van der Waals surface area contributed by atoms with Crippen LogP contribution in [0.1, 0.15) is 17.7 Å². The Bertz CT molecular complexity index is 1300. The van der Waals surface area contributed by atoms with E-state index in [1.54, 1.807) is 17.5 Å². The first-order chi connectivity index (χ1) is 17.5. The van der Waals surface area contributed by atoms with Gasteiger partial charge in [0.1, 0.15) is 6.04 Å². The molecule has 0 aliphatic heterocycles. The summed E-state index contributed by atoms with van der Waals surface area (Å²) in [4.78, 5) is 44.1. The number of aryl methyl sites for hydroxylation is 1. The number of nitrogens with zero attached hydrogens (tertiary/aromatic N) is 1. The smallest absolute Gasteiger partial charge is 0.243 e. The van der Waals surface area contributed by atoms with Gasteiger partial charge in [-0.1, -0.05) is 54.6 Å². The number of carbonyl (C=O) groups is 3. The van der Waals surface area contributed by atoms with Crippen molar-refractivity contribution in [1.82, 2.24) is 20.6 Å². The van der Waals surface area contributed by atoms with Gasteiger partial charge in [-0.3, -0.25) is 14.4 Å². The van der Waals surface area contributed by atoms with Crippen molar-refractivity contribution >= 4 is 29.1 Å². The molecule has 4 rings (SSSR count). The SMILES string of the molecule is NC(=O)CNC(=O)C(Cc1cnc[nH]1)NC(=O)CCc1ccc(-c2cc(-c3ccccc3)cs2)cc1. The summed E-state index contributed by atoms with van der Waals surface area (Å²) in [5, 5.41) is 7.36. The van der Waals surface area contributed by atoms with Gasteiger partial charge in [-0.15, -0.1) is 11.3 Å².